The molecule has 5 aromatic carbocycles. The molecule has 8 rings (SSSR count). The molecule has 1 aliphatic rings. The molecule has 54 heavy (non-hydrogen) atoms. The molecule has 7 aromatic rings. The van der Waals surface area contributed by atoms with Crippen molar-refractivity contribution in [2.75, 3.05) is 19.7 Å². The number of benzene rings is 5. The molecular weight excluding hydrogens is 677 g/mol. The topological polar surface area (TPSA) is 110 Å². The van der Waals surface area contributed by atoms with E-state index in [0.717, 1.165) is 36.0 Å². The number of hydrogen-bond donors (Lipinski definition) is 0. The number of aromatic nitrogens is 2. The largest absolute Gasteiger partial charge is 0.462 e. The molecule has 3 amide bonds. The lowest BCUT2D eigenvalue weighted by molar-refractivity contribution is 0.0526. The van der Waals surface area contributed by atoms with Gasteiger partial charge in [0.25, 0.3) is 17.7 Å². The first-order valence-corrected chi connectivity index (χ1v) is 18.6. The number of esters is 1. The van der Waals surface area contributed by atoms with Gasteiger partial charge in [0, 0.05) is 75.5 Å². The van der Waals surface area contributed by atoms with Crippen LogP contribution in [0.25, 0.3) is 43.4 Å². The van der Waals surface area contributed by atoms with Crippen molar-refractivity contribution in [2.45, 2.75) is 53.0 Å². The summed E-state index contributed by atoms with van der Waals surface area (Å²) in [4.78, 5) is 69.0. The highest BCUT2D eigenvalue weighted by Gasteiger charge is 2.35. The molecule has 0 spiro atoms. The van der Waals surface area contributed by atoms with E-state index in [4.69, 9.17) is 14.7 Å². The van der Waals surface area contributed by atoms with Crippen molar-refractivity contribution in [3.05, 3.63) is 130 Å². The van der Waals surface area contributed by atoms with Crippen molar-refractivity contribution in [2.24, 2.45) is 0 Å². The molecular formula is C45H40N4O5. The zero-order valence-corrected chi connectivity index (χ0v) is 30.6. The second-order valence-electron chi connectivity index (χ2n) is 14.0. The van der Waals surface area contributed by atoms with E-state index in [1.54, 1.807) is 25.3 Å². The van der Waals surface area contributed by atoms with Crippen LogP contribution in [0.2, 0.25) is 0 Å². The van der Waals surface area contributed by atoms with E-state index < -0.39 is 5.97 Å². The quantitative estimate of drug-likeness (QED) is 0.0409. The van der Waals surface area contributed by atoms with E-state index >= 15 is 0 Å². The van der Waals surface area contributed by atoms with Crippen molar-refractivity contribution in [3.8, 4) is 0 Å². The average molecular weight is 717 g/mol. The Labute approximate surface area is 312 Å². The van der Waals surface area contributed by atoms with Crippen LogP contribution >= 0.6 is 0 Å². The molecule has 2 aromatic heterocycles. The second-order valence-corrected chi connectivity index (χ2v) is 14.0. The lowest BCUT2D eigenvalue weighted by Gasteiger charge is -2.28. The highest BCUT2D eigenvalue weighted by atomic mass is 16.5. The van der Waals surface area contributed by atoms with Gasteiger partial charge >= 0.3 is 5.97 Å². The van der Waals surface area contributed by atoms with Crippen LogP contribution in [0, 0.1) is 6.92 Å². The van der Waals surface area contributed by atoms with E-state index in [9.17, 15) is 19.2 Å². The summed E-state index contributed by atoms with van der Waals surface area (Å²) >= 11 is 0. The van der Waals surface area contributed by atoms with Crippen LogP contribution in [0.3, 0.4) is 0 Å². The van der Waals surface area contributed by atoms with Gasteiger partial charge in [0.05, 0.1) is 28.8 Å². The van der Waals surface area contributed by atoms with E-state index in [2.05, 4.69) is 6.92 Å². The average Bonchev–Trinajstić information content (AvgIpc) is 3.19. The summed E-state index contributed by atoms with van der Waals surface area (Å²) < 4.78 is 5.53. The Morgan fingerprint density at radius 2 is 1.39 bits per heavy atom. The van der Waals surface area contributed by atoms with Crippen LogP contribution in [0.5, 0.6) is 0 Å². The van der Waals surface area contributed by atoms with Gasteiger partial charge < -0.3 is 9.64 Å². The van der Waals surface area contributed by atoms with Crippen molar-refractivity contribution >= 4 is 67.0 Å². The molecule has 0 atom stereocenters. The van der Waals surface area contributed by atoms with E-state index in [0.29, 0.717) is 86.1 Å². The fourth-order valence-electron chi connectivity index (χ4n) is 7.81. The molecule has 270 valence electrons. The van der Waals surface area contributed by atoms with E-state index in [1.165, 1.54) is 11.1 Å². The zero-order valence-electron chi connectivity index (χ0n) is 30.6. The number of fused-ring (bicyclic) bond motifs is 2. The molecule has 0 unspecified atom stereocenters. The fourth-order valence-corrected chi connectivity index (χ4v) is 7.81. The fraction of sp³-hybridized carbons (Fsp3) is 0.244. The summed E-state index contributed by atoms with van der Waals surface area (Å²) in [5.74, 6) is -1.49. The first-order valence-electron chi connectivity index (χ1n) is 18.6. The molecule has 1 aliphatic heterocycles. The van der Waals surface area contributed by atoms with Gasteiger partial charge in [-0.25, -0.2) is 4.79 Å². The number of pyridine rings is 2. The monoisotopic (exact) mass is 716 g/mol. The van der Waals surface area contributed by atoms with Crippen LogP contribution in [-0.4, -0.2) is 63.2 Å². The number of rotatable bonds is 12. The van der Waals surface area contributed by atoms with Crippen molar-refractivity contribution in [1.82, 2.24) is 19.8 Å². The van der Waals surface area contributed by atoms with Crippen LogP contribution in [0.1, 0.15) is 91.2 Å². The Balaban J connectivity index is 1.33. The Morgan fingerprint density at radius 1 is 0.704 bits per heavy atom. The second kappa shape index (κ2) is 14.3. The Morgan fingerprint density at radius 3 is 2.11 bits per heavy atom. The van der Waals surface area contributed by atoms with Crippen LogP contribution < -0.4 is 0 Å². The highest BCUT2D eigenvalue weighted by Crippen LogP contribution is 2.44. The lowest BCUT2D eigenvalue weighted by Crippen LogP contribution is -2.41. The Bertz CT molecular complexity index is 2530. The first kappa shape index (κ1) is 34.8. The lowest BCUT2D eigenvalue weighted by atomic mass is 9.87. The minimum atomic E-state index is -0.583. The normalized spacial score (nSPS) is 12.8. The number of ether oxygens (including phenoxy) is 1. The van der Waals surface area contributed by atoms with Crippen molar-refractivity contribution in [3.63, 3.8) is 0 Å². The van der Waals surface area contributed by atoms with Crippen LogP contribution in [0.4, 0.5) is 0 Å². The molecule has 0 saturated carbocycles. The number of carbonyl (C=O) groups is 4. The maximum atomic E-state index is 14.9. The van der Waals surface area contributed by atoms with E-state index in [-0.39, 0.29) is 29.9 Å². The third-order valence-corrected chi connectivity index (χ3v) is 10.5. The molecule has 0 fully saturated rings. The summed E-state index contributed by atoms with van der Waals surface area (Å²) in [6.45, 7) is 7.16. The van der Waals surface area contributed by atoms with Gasteiger partial charge in [-0.1, -0.05) is 92.1 Å². The molecule has 0 N–H and O–H groups in total. The van der Waals surface area contributed by atoms with Gasteiger partial charge in [0.2, 0.25) is 0 Å². The standard InChI is InChI=1S/C45H40N4O5/c1-4-6-10-22-49-43(51)33-20-18-30-38-36(33)34(44(49)52)24-46-40(38)31-17-19-32(37-35(45(53)54-5-2)25-47-41(30)39(31)37)42(50)48(23-21-28-11-8-7-9-12-28)26-29-15-13-27(3)14-16-29/h7-9,11-20,24-25H,4-6,10,21-23,26H2,1-3H3. The molecule has 0 aliphatic carbocycles. The predicted octanol–water partition coefficient (Wildman–Crippen LogP) is 8.68. The molecule has 9 heteroatoms. The summed E-state index contributed by atoms with van der Waals surface area (Å²) in [6, 6.07) is 25.4. The Kier molecular flexibility index (Phi) is 9.23. The summed E-state index contributed by atoms with van der Waals surface area (Å²) in [5.41, 5.74) is 5.68. The molecule has 3 heterocycles. The first-order chi connectivity index (χ1) is 26.3. The number of aryl methyl sites for hydroxylation is 1. The third-order valence-electron chi connectivity index (χ3n) is 10.5. The predicted molar refractivity (Wildman–Crippen MR) is 210 cm³/mol. The number of carbonyl (C=O) groups excluding carboxylic acids is 4. The van der Waals surface area contributed by atoms with Gasteiger partial charge in [0.15, 0.2) is 0 Å². The number of unbranched alkanes of at least 4 members (excludes halogenated alkanes) is 2. The van der Waals surface area contributed by atoms with Gasteiger partial charge in [-0.05, 0) is 49.9 Å². The van der Waals surface area contributed by atoms with Crippen molar-refractivity contribution in [1.29, 1.82) is 0 Å². The number of amides is 3. The number of imide groups is 1. The molecule has 0 radical (unpaired) electrons. The minimum Gasteiger partial charge on any atom is -0.462 e. The van der Waals surface area contributed by atoms with Crippen LogP contribution in [0.15, 0.2) is 91.3 Å². The zero-order chi connectivity index (χ0) is 37.5. The summed E-state index contributed by atoms with van der Waals surface area (Å²) in [6.07, 6.45) is 6.29. The number of hydrogen-bond acceptors (Lipinski definition) is 7. The third kappa shape index (κ3) is 5.90. The maximum absolute atomic E-state index is 14.9. The smallest absolute Gasteiger partial charge is 0.340 e. The van der Waals surface area contributed by atoms with Crippen molar-refractivity contribution < 1.29 is 23.9 Å². The Hall–Kier alpha value is -6.22. The van der Waals surface area contributed by atoms with Gasteiger partial charge in [-0.15, -0.1) is 0 Å². The molecule has 0 bridgehead atoms. The summed E-state index contributed by atoms with van der Waals surface area (Å²) in [7, 11) is 0. The van der Waals surface area contributed by atoms with Gasteiger partial charge in [-0.3, -0.25) is 29.3 Å². The molecule has 0 saturated heterocycles. The SMILES string of the molecule is CCCCCN1C(=O)c2ccc3c4ncc(C(=O)OCC)c5c(C(=O)N(CCc6ccccc6)Cc6ccc(C)cc6)ccc(c6ncc(c2c36)C1=O)c54. The molecule has 9 nitrogen and oxygen atoms in total. The van der Waals surface area contributed by atoms with E-state index in [1.807, 2.05) is 78.6 Å². The highest BCUT2D eigenvalue weighted by molar-refractivity contribution is 6.38. The number of nitrogens with zero attached hydrogens (tertiary/aromatic N) is 4. The maximum Gasteiger partial charge on any atom is 0.340 e. The van der Waals surface area contributed by atoms with Gasteiger partial charge in [-0.2, -0.15) is 0 Å². The van der Waals surface area contributed by atoms with Gasteiger partial charge in [0.1, 0.15) is 0 Å². The van der Waals surface area contributed by atoms with Crippen LogP contribution in [-0.2, 0) is 17.7 Å². The minimum absolute atomic E-state index is 0.147. The summed E-state index contributed by atoms with van der Waals surface area (Å²) in [5, 5.41) is 3.59.